The van der Waals surface area contributed by atoms with Crippen LogP contribution in [0.15, 0.2) is 29.2 Å². The van der Waals surface area contributed by atoms with Crippen molar-refractivity contribution >= 4 is 21.8 Å². The molecule has 0 aromatic heterocycles. The van der Waals surface area contributed by atoms with E-state index in [1.54, 1.807) is 30.0 Å². The Kier molecular flexibility index (Phi) is 8.21. The minimum absolute atomic E-state index is 0.345. The van der Waals surface area contributed by atoms with E-state index < -0.39 is 10.0 Å². The van der Waals surface area contributed by atoms with Gasteiger partial charge in [-0.05, 0) is 49.1 Å². The van der Waals surface area contributed by atoms with E-state index in [0.29, 0.717) is 18.0 Å². The SMILES string of the molecule is CCNCc1cccc(S(=O)(=O)NCCCCSC)c1. The standard InChI is InChI=1S/C14H24N2O2S2/c1-3-15-12-13-7-6-8-14(11-13)20(17,18)16-9-4-5-10-19-2/h6-8,11,15-16H,3-5,9-10,12H2,1-2H3. The third-order valence-corrected chi connectivity index (χ3v) is 5.01. The van der Waals surface area contributed by atoms with Gasteiger partial charge in [0.1, 0.15) is 0 Å². The van der Waals surface area contributed by atoms with Crippen molar-refractivity contribution in [3.05, 3.63) is 29.8 Å². The molecule has 0 aliphatic heterocycles. The lowest BCUT2D eigenvalue weighted by Gasteiger charge is -2.08. The molecule has 0 fully saturated rings. The minimum atomic E-state index is -3.38. The van der Waals surface area contributed by atoms with Crippen molar-refractivity contribution in [2.24, 2.45) is 0 Å². The summed E-state index contributed by atoms with van der Waals surface area (Å²) in [6.07, 6.45) is 3.96. The third kappa shape index (κ3) is 6.26. The first-order valence-corrected chi connectivity index (χ1v) is 9.76. The molecule has 114 valence electrons. The van der Waals surface area contributed by atoms with Crippen LogP contribution in [0.2, 0.25) is 0 Å². The average molecular weight is 316 g/mol. The molecule has 0 saturated carbocycles. The van der Waals surface area contributed by atoms with Crippen LogP contribution < -0.4 is 10.0 Å². The topological polar surface area (TPSA) is 58.2 Å². The molecule has 0 atom stereocenters. The minimum Gasteiger partial charge on any atom is -0.313 e. The first-order valence-electron chi connectivity index (χ1n) is 6.88. The fourth-order valence-electron chi connectivity index (χ4n) is 1.75. The van der Waals surface area contributed by atoms with Gasteiger partial charge in [0, 0.05) is 13.1 Å². The van der Waals surface area contributed by atoms with Crippen molar-refractivity contribution in [3.63, 3.8) is 0 Å². The van der Waals surface area contributed by atoms with Crippen LogP contribution in [-0.4, -0.2) is 33.5 Å². The Labute approximate surface area is 126 Å². The summed E-state index contributed by atoms with van der Waals surface area (Å²) in [7, 11) is -3.38. The molecule has 0 spiro atoms. The molecule has 1 aromatic rings. The molecule has 0 bridgehead atoms. The molecule has 0 amide bonds. The fourth-order valence-corrected chi connectivity index (χ4v) is 3.39. The molecule has 20 heavy (non-hydrogen) atoms. The number of nitrogens with one attached hydrogen (secondary N) is 2. The lowest BCUT2D eigenvalue weighted by Crippen LogP contribution is -2.25. The summed E-state index contributed by atoms with van der Waals surface area (Å²) in [6.45, 7) is 4.08. The Morgan fingerprint density at radius 2 is 2.05 bits per heavy atom. The second-order valence-electron chi connectivity index (χ2n) is 4.53. The quantitative estimate of drug-likeness (QED) is 0.650. The van der Waals surface area contributed by atoms with Crippen molar-refractivity contribution in [1.29, 1.82) is 0 Å². The van der Waals surface area contributed by atoms with Gasteiger partial charge in [-0.1, -0.05) is 19.1 Å². The Morgan fingerprint density at radius 1 is 1.25 bits per heavy atom. The van der Waals surface area contributed by atoms with Gasteiger partial charge in [-0.15, -0.1) is 0 Å². The molecule has 1 rings (SSSR count). The smallest absolute Gasteiger partial charge is 0.240 e. The van der Waals surface area contributed by atoms with Gasteiger partial charge in [0.25, 0.3) is 0 Å². The van der Waals surface area contributed by atoms with Crippen LogP contribution in [-0.2, 0) is 16.6 Å². The van der Waals surface area contributed by atoms with Gasteiger partial charge in [-0.2, -0.15) is 11.8 Å². The fraction of sp³-hybridized carbons (Fsp3) is 0.571. The number of benzene rings is 1. The van der Waals surface area contributed by atoms with Crippen LogP contribution >= 0.6 is 11.8 Å². The van der Waals surface area contributed by atoms with E-state index in [1.165, 1.54) is 0 Å². The lowest BCUT2D eigenvalue weighted by atomic mass is 10.2. The van der Waals surface area contributed by atoms with Gasteiger partial charge >= 0.3 is 0 Å². The Morgan fingerprint density at radius 3 is 2.75 bits per heavy atom. The number of hydrogen-bond donors (Lipinski definition) is 2. The van der Waals surface area contributed by atoms with Crippen LogP contribution in [0, 0.1) is 0 Å². The zero-order valence-electron chi connectivity index (χ0n) is 12.2. The second kappa shape index (κ2) is 9.39. The summed E-state index contributed by atoms with van der Waals surface area (Å²) in [6, 6.07) is 7.08. The van der Waals surface area contributed by atoms with E-state index in [0.717, 1.165) is 30.7 Å². The summed E-state index contributed by atoms with van der Waals surface area (Å²) in [5, 5.41) is 3.19. The van der Waals surface area contributed by atoms with Crippen molar-refractivity contribution < 1.29 is 8.42 Å². The lowest BCUT2D eigenvalue weighted by molar-refractivity contribution is 0.578. The third-order valence-electron chi connectivity index (χ3n) is 2.86. The predicted octanol–water partition coefficient (Wildman–Crippen LogP) is 2.22. The van der Waals surface area contributed by atoms with Crippen LogP contribution in [0.3, 0.4) is 0 Å². The summed E-state index contributed by atoms with van der Waals surface area (Å²) in [5.41, 5.74) is 0.983. The van der Waals surface area contributed by atoms with Gasteiger partial charge in [-0.25, -0.2) is 13.1 Å². The molecule has 0 heterocycles. The largest absolute Gasteiger partial charge is 0.313 e. The number of unbranched alkanes of at least 4 members (excludes halogenated alkanes) is 1. The van der Waals surface area contributed by atoms with E-state index in [2.05, 4.69) is 16.3 Å². The highest BCUT2D eigenvalue weighted by atomic mass is 32.2. The molecule has 0 saturated heterocycles. The van der Waals surface area contributed by atoms with E-state index in [4.69, 9.17) is 0 Å². The van der Waals surface area contributed by atoms with E-state index in [1.807, 2.05) is 13.0 Å². The molecular formula is C14H24N2O2S2. The predicted molar refractivity (Wildman–Crippen MR) is 86.6 cm³/mol. The molecule has 6 heteroatoms. The number of hydrogen-bond acceptors (Lipinski definition) is 4. The van der Waals surface area contributed by atoms with Crippen LogP contribution in [0.4, 0.5) is 0 Å². The molecule has 2 N–H and O–H groups in total. The number of thioether (sulfide) groups is 1. The normalized spacial score (nSPS) is 11.7. The van der Waals surface area contributed by atoms with E-state index in [9.17, 15) is 8.42 Å². The van der Waals surface area contributed by atoms with E-state index >= 15 is 0 Å². The van der Waals surface area contributed by atoms with Crippen LogP contribution in [0.1, 0.15) is 25.3 Å². The summed E-state index contributed by atoms with van der Waals surface area (Å²) < 4.78 is 27.0. The average Bonchev–Trinajstić information content (AvgIpc) is 2.45. The first kappa shape index (κ1) is 17.5. The van der Waals surface area contributed by atoms with Gasteiger partial charge < -0.3 is 5.32 Å². The summed E-state index contributed by atoms with van der Waals surface area (Å²) >= 11 is 1.78. The molecule has 0 aliphatic rings. The molecule has 4 nitrogen and oxygen atoms in total. The van der Waals surface area contributed by atoms with Gasteiger partial charge in [-0.3, -0.25) is 0 Å². The van der Waals surface area contributed by atoms with Crippen molar-refractivity contribution in [2.75, 3.05) is 25.1 Å². The maximum atomic E-state index is 12.2. The molecule has 0 radical (unpaired) electrons. The van der Waals surface area contributed by atoms with Crippen molar-refractivity contribution in [2.45, 2.75) is 31.2 Å². The maximum Gasteiger partial charge on any atom is 0.240 e. The molecule has 1 aromatic carbocycles. The Hall–Kier alpha value is -0.560. The summed E-state index contributed by atoms with van der Waals surface area (Å²) in [5.74, 6) is 1.07. The zero-order chi connectivity index (χ0) is 14.8. The highest BCUT2D eigenvalue weighted by molar-refractivity contribution is 7.98. The van der Waals surface area contributed by atoms with E-state index in [-0.39, 0.29) is 0 Å². The molecule has 0 aliphatic carbocycles. The zero-order valence-corrected chi connectivity index (χ0v) is 13.8. The number of sulfonamides is 1. The van der Waals surface area contributed by atoms with Gasteiger partial charge in [0.15, 0.2) is 0 Å². The van der Waals surface area contributed by atoms with Crippen molar-refractivity contribution in [3.8, 4) is 0 Å². The van der Waals surface area contributed by atoms with Gasteiger partial charge in [0.05, 0.1) is 4.90 Å². The first-order chi connectivity index (χ1) is 9.60. The summed E-state index contributed by atoms with van der Waals surface area (Å²) in [4.78, 5) is 0.345. The molecular weight excluding hydrogens is 292 g/mol. The van der Waals surface area contributed by atoms with Gasteiger partial charge in [0.2, 0.25) is 10.0 Å². The van der Waals surface area contributed by atoms with Crippen molar-refractivity contribution in [1.82, 2.24) is 10.0 Å². The highest BCUT2D eigenvalue weighted by Crippen LogP contribution is 2.11. The Balaban J connectivity index is 2.57. The monoisotopic (exact) mass is 316 g/mol. The number of rotatable bonds is 10. The second-order valence-corrected chi connectivity index (χ2v) is 7.28. The molecule has 0 unspecified atom stereocenters. The van der Waals surface area contributed by atoms with Crippen LogP contribution in [0.25, 0.3) is 0 Å². The Bertz CT molecular complexity index is 490. The maximum absolute atomic E-state index is 12.2. The van der Waals surface area contributed by atoms with Crippen LogP contribution in [0.5, 0.6) is 0 Å². The highest BCUT2D eigenvalue weighted by Gasteiger charge is 2.13.